The van der Waals surface area contributed by atoms with Gasteiger partial charge in [-0.3, -0.25) is 0 Å². The summed E-state index contributed by atoms with van der Waals surface area (Å²) in [5, 5.41) is 32.5. The van der Waals surface area contributed by atoms with E-state index in [4.69, 9.17) is 0 Å². The van der Waals surface area contributed by atoms with Crippen molar-refractivity contribution in [3.8, 4) is 0 Å². The van der Waals surface area contributed by atoms with Crippen LogP contribution < -0.4 is 56.5 Å². The maximum absolute atomic E-state index is 11.6. The van der Waals surface area contributed by atoms with Crippen LogP contribution in [0.25, 0.3) is 0 Å². The zero-order chi connectivity index (χ0) is 11.3. The second kappa shape index (κ2) is 4.40. The largest absolute Gasteiger partial charge is 1.00 e. The molecule has 0 bridgehead atoms. The second-order valence-corrected chi connectivity index (χ2v) is 4.06. The summed E-state index contributed by atoms with van der Waals surface area (Å²) in [5.74, 6) is -1.63. The van der Waals surface area contributed by atoms with Gasteiger partial charge in [0, 0.05) is 13.8 Å². The number of carboxylic acids is 1. The van der Waals surface area contributed by atoms with Crippen LogP contribution in [-0.4, -0.2) is 37.9 Å². The topological polar surface area (TPSA) is 89.7 Å². The van der Waals surface area contributed by atoms with Crippen molar-refractivity contribution in [2.24, 2.45) is 0 Å². The number of carbonyl (C=O) groups excluding carboxylic acids is 1. The predicted molar refractivity (Wildman–Crippen MR) is 45.4 cm³/mol. The van der Waals surface area contributed by atoms with E-state index in [0.29, 0.717) is 5.06 Å². The fraction of sp³-hybridized carbons (Fsp3) is 0.750. The van der Waals surface area contributed by atoms with E-state index in [0.717, 1.165) is 6.92 Å². The molecule has 0 radical (unpaired) electrons. The monoisotopic (exact) mass is 240 g/mol. The number of nitrogens with zero attached hydrogens (tertiary/aromatic N) is 2. The van der Waals surface area contributed by atoms with Crippen molar-refractivity contribution >= 4 is 11.7 Å². The van der Waals surface area contributed by atoms with E-state index in [1.165, 1.54) is 6.92 Å². The predicted octanol–water partition coefficient (Wildman–Crippen LogP) is -4.09. The molecule has 0 aliphatic carbocycles. The Kier molecular flexibility index (Phi) is 4.55. The molecule has 1 heterocycles. The van der Waals surface area contributed by atoms with E-state index in [2.05, 4.69) is 0 Å². The van der Waals surface area contributed by atoms with E-state index < -0.39 is 17.2 Å². The van der Waals surface area contributed by atoms with Crippen molar-refractivity contribution in [3.63, 3.8) is 0 Å². The van der Waals surface area contributed by atoms with Crippen LogP contribution in [0.1, 0.15) is 27.7 Å². The summed E-state index contributed by atoms with van der Waals surface area (Å²) < 4.78 is 0.266. The molecule has 0 spiro atoms. The van der Waals surface area contributed by atoms with Gasteiger partial charge in [-0.25, -0.2) is 0 Å². The van der Waals surface area contributed by atoms with Gasteiger partial charge in [0.15, 0.2) is 5.71 Å². The zero-order valence-electron chi connectivity index (χ0n) is 9.57. The molecule has 0 aromatic carbocycles. The molecule has 15 heavy (non-hydrogen) atoms. The van der Waals surface area contributed by atoms with Crippen LogP contribution in [0.3, 0.4) is 0 Å². The van der Waals surface area contributed by atoms with Gasteiger partial charge < -0.3 is 20.3 Å². The third-order valence-corrected chi connectivity index (χ3v) is 2.91. The summed E-state index contributed by atoms with van der Waals surface area (Å²) in [7, 11) is 0. The molecule has 0 fully saturated rings. The molecule has 1 N–H and O–H groups in total. The van der Waals surface area contributed by atoms with Crippen molar-refractivity contribution < 1.29 is 71.2 Å². The van der Waals surface area contributed by atoms with Gasteiger partial charge in [0.1, 0.15) is 11.5 Å². The Labute approximate surface area is 131 Å². The Morgan fingerprint density at radius 2 is 1.87 bits per heavy atom. The number of hydroxylamine groups is 3. The molecule has 0 aromatic rings. The first-order chi connectivity index (χ1) is 6.16. The third-order valence-electron chi connectivity index (χ3n) is 2.91. The molecule has 1 rings (SSSR count). The first-order valence-electron chi connectivity index (χ1n) is 4.19. The molecule has 0 saturated heterocycles. The van der Waals surface area contributed by atoms with Gasteiger partial charge in [-0.05, 0) is 13.8 Å². The van der Waals surface area contributed by atoms with Crippen molar-refractivity contribution in [1.82, 2.24) is 5.06 Å². The maximum atomic E-state index is 11.6. The van der Waals surface area contributed by atoms with Crippen LogP contribution >= 0.6 is 0 Å². The molecular weight excluding hydrogens is 227 g/mol. The van der Waals surface area contributed by atoms with Crippen LogP contribution in [0.4, 0.5) is 0 Å². The number of aliphatic carboxylic acids is 1. The second-order valence-electron chi connectivity index (χ2n) is 4.06. The molecule has 0 amide bonds. The van der Waals surface area contributed by atoms with Crippen molar-refractivity contribution in [3.05, 3.63) is 5.21 Å². The van der Waals surface area contributed by atoms with Gasteiger partial charge in [-0.1, -0.05) is 0 Å². The molecule has 80 valence electrons. The zero-order valence-corrected chi connectivity index (χ0v) is 12.7. The average Bonchev–Trinajstić information content (AvgIpc) is 2.21. The maximum Gasteiger partial charge on any atom is 1.00 e. The fourth-order valence-corrected chi connectivity index (χ4v) is 1.53. The Morgan fingerprint density at radius 1 is 1.47 bits per heavy atom. The SMILES string of the molecule is CC1=[N+]([O-])C(C)(C(=O)[O-])N(O)C1(C)C.[K+]. The van der Waals surface area contributed by atoms with Crippen molar-refractivity contribution in [2.75, 3.05) is 0 Å². The third kappa shape index (κ3) is 1.90. The Morgan fingerprint density at radius 3 is 2.00 bits per heavy atom. The molecule has 1 aliphatic heterocycles. The minimum absolute atomic E-state index is 0. The van der Waals surface area contributed by atoms with E-state index in [9.17, 15) is 20.3 Å². The van der Waals surface area contributed by atoms with E-state index in [1.54, 1.807) is 13.8 Å². The number of hydrogen-bond acceptors (Lipinski definition) is 5. The van der Waals surface area contributed by atoms with Crippen LogP contribution in [0.15, 0.2) is 0 Å². The minimum Gasteiger partial charge on any atom is -0.622 e. The quantitative estimate of drug-likeness (QED) is 0.286. The first-order valence-corrected chi connectivity index (χ1v) is 4.19. The number of rotatable bonds is 1. The number of carbonyl (C=O) groups is 1. The van der Waals surface area contributed by atoms with E-state index in [-0.39, 0.29) is 61.8 Å². The van der Waals surface area contributed by atoms with Crippen LogP contribution in [-0.2, 0) is 4.79 Å². The van der Waals surface area contributed by atoms with Crippen LogP contribution in [0.2, 0.25) is 0 Å². The summed E-state index contributed by atoms with van der Waals surface area (Å²) in [5.41, 5.74) is -2.82. The summed E-state index contributed by atoms with van der Waals surface area (Å²) >= 11 is 0. The summed E-state index contributed by atoms with van der Waals surface area (Å²) in [6.07, 6.45) is 0. The number of hydrogen-bond donors (Lipinski definition) is 1. The van der Waals surface area contributed by atoms with E-state index in [1.807, 2.05) is 0 Å². The Bertz CT molecular complexity index is 329. The summed E-state index contributed by atoms with van der Waals surface area (Å²) in [6, 6.07) is 0. The van der Waals surface area contributed by atoms with Crippen molar-refractivity contribution in [1.29, 1.82) is 0 Å². The van der Waals surface area contributed by atoms with Gasteiger partial charge >= 0.3 is 51.4 Å². The summed E-state index contributed by atoms with van der Waals surface area (Å²) in [4.78, 5) is 10.8. The average molecular weight is 240 g/mol. The molecule has 6 nitrogen and oxygen atoms in total. The smallest absolute Gasteiger partial charge is 0.622 e. The molecule has 0 saturated carbocycles. The van der Waals surface area contributed by atoms with Gasteiger partial charge in [-0.2, -0.15) is 4.74 Å². The minimum atomic E-state index is -2.05. The Balaban J connectivity index is 0.00000196. The molecular formula is C8H13KN2O4. The van der Waals surface area contributed by atoms with Gasteiger partial charge in [0.2, 0.25) is 0 Å². The standard InChI is InChI=1S/C8H14N2O4.K/c1-5-7(2,3)10(14)8(4,6(11)12)9(5)13;/h14H,1-4H3,(H,11,12);/q;+1/p-1. The van der Waals surface area contributed by atoms with Crippen molar-refractivity contribution in [2.45, 2.75) is 38.9 Å². The normalized spacial score (nSPS) is 30.2. The van der Waals surface area contributed by atoms with Crippen LogP contribution in [0, 0.1) is 5.21 Å². The van der Waals surface area contributed by atoms with E-state index >= 15 is 0 Å². The summed E-state index contributed by atoms with van der Waals surface area (Å²) in [6.45, 7) is 5.70. The Hall–Kier alpha value is 0.496. The van der Waals surface area contributed by atoms with Gasteiger partial charge in [-0.15, -0.1) is 5.06 Å². The van der Waals surface area contributed by atoms with Gasteiger partial charge in [0.05, 0.1) is 0 Å². The molecule has 1 atom stereocenters. The molecule has 1 unspecified atom stereocenters. The fourth-order valence-electron chi connectivity index (χ4n) is 1.53. The molecule has 1 aliphatic rings. The first kappa shape index (κ1) is 15.5. The van der Waals surface area contributed by atoms with Crippen LogP contribution in [0.5, 0.6) is 0 Å². The molecule has 0 aromatic heterocycles. The molecule has 7 heteroatoms. The van der Waals surface area contributed by atoms with Gasteiger partial charge in [0.25, 0.3) is 5.66 Å². The number of carboxylic acid groups (broad SMARTS) is 1.